The highest BCUT2D eigenvalue weighted by atomic mass is 16.2. The normalized spacial score (nSPS) is 26.8. The van der Waals surface area contributed by atoms with Gasteiger partial charge >= 0.3 is 0 Å². The molecule has 1 saturated carbocycles. The van der Waals surface area contributed by atoms with Crippen LogP contribution in [0.15, 0.2) is 12.1 Å². The first-order valence-electron chi connectivity index (χ1n) is 6.92. The molecule has 5 nitrogen and oxygen atoms in total. The molecule has 3 unspecified atom stereocenters. The van der Waals surface area contributed by atoms with Gasteiger partial charge < -0.3 is 10.6 Å². The fourth-order valence-corrected chi connectivity index (χ4v) is 2.52. The molecule has 1 fully saturated rings. The van der Waals surface area contributed by atoms with Crippen molar-refractivity contribution in [3.05, 3.63) is 17.8 Å². The first kappa shape index (κ1) is 13.8. The predicted molar refractivity (Wildman–Crippen MR) is 75.0 cm³/mol. The highest BCUT2D eigenvalue weighted by molar-refractivity contribution is 5.92. The van der Waals surface area contributed by atoms with Crippen LogP contribution in [0.25, 0.3) is 0 Å². The van der Waals surface area contributed by atoms with Crippen LogP contribution in [0, 0.1) is 11.8 Å². The van der Waals surface area contributed by atoms with Crippen LogP contribution >= 0.6 is 0 Å². The van der Waals surface area contributed by atoms with Crippen LogP contribution in [0.5, 0.6) is 0 Å². The van der Waals surface area contributed by atoms with Crippen LogP contribution in [0.2, 0.25) is 0 Å². The minimum Gasteiger partial charge on any atom is -0.372 e. The van der Waals surface area contributed by atoms with Crippen molar-refractivity contribution in [3.63, 3.8) is 0 Å². The summed E-state index contributed by atoms with van der Waals surface area (Å²) in [6.07, 6.45) is 3.28. The second-order valence-corrected chi connectivity index (χ2v) is 5.49. The fraction of sp³-hybridized carbons (Fsp3) is 0.643. The summed E-state index contributed by atoms with van der Waals surface area (Å²) in [5.74, 6) is 1.96. The first-order valence-corrected chi connectivity index (χ1v) is 6.92. The average Bonchev–Trinajstić information content (AvgIpc) is 2.43. The van der Waals surface area contributed by atoms with Gasteiger partial charge in [-0.05, 0) is 43.2 Å². The fourth-order valence-electron chi connectivity index (χ4n) is 2.52. The molecule has 0 spiro atoms. The van der Waals surface area contributed by atoms with Crippen molar-refractivity contribution in [2.75, 3.05) is 12.4 Å². The molecule has 0 saturated heterocycles. The number of nitrogens with zero attached hydrogens (tertiary/aromatic N) is 2. The van der Waals surface area contributed by atoms with Crippen LogP contribution in [0.3, 0.4) is 0 Å². The Morgan fingerprint density at radius 2 is 2.00 bits per heavy atom. The van der Waals surface area contributed by atoms with Crippen LogP contribution < -0.4 is 10.6 Å². The van der Waals surface area contributed by atoms with E-state index in [9.17, 15) is 4.79 Å². The molecule has 0 aromatic carbocycles. The van der Waals surface area contributed by atoms with Crippen molar-refractivity contribution in [3.8, 4) is 0 Å². The maximum atomic E-state index is 12.1. The summed E-state index contributed by atoms with van der Waals surface area (Å²) in [4.78, 5) is 12.1. The van der Waals surface area contributed by atoms with E-state index >= 15 is 0 Å². The van der Waals surface area contributed by atoms with E-state index in [4.69, 9.17) is 0 Å². The predicted octanol–water partition coefficient (Wildman–Crippen LogP) is 2.07. The number of carbonyl (C=O) groups is 1. The highest BCUT2D eigenvalue weighted by Gasteiger charge is 2.26. The van der Waals surface area contributed by atoms with Gasteiger partial charge in [0, 0.05) is 13.1 Å². The molecule has 5 heteroatoms. The Bertz CT molecular complexity index is 432. The number of hydrogen-bond acceptors (Lipinski definition) is 4. The molecular weight excluding hydrogens is 240 g/mol. The number of nitrogens with one attached hydrogen (secondary N) is 2. The van der Waals surface area contributed by atoms with E-state index in [1.54, 1.807) is 19.2 Å². The second kappa shape index (κ2) is 5.99. The van der Waals surface area contributed by atoms with Gasteiger partial charge in [0.1, 0.15) is 5.82 Å². The summed E-state index contributed by atoms with van der Waals surface area (Å²) in [6.45, 7) is 4.54. The molecule has 0 radical (unpaired) electrons. The molecule has 104 valence electrons. The van der Waals surface area contributed by atoms with Crippen LogP contribution in [0.1, 0.15) is 43.6 Å². The minimum atomic E-state index is -0.123. The number of anilines is 1. The van der Waals surface area contributed by atoms with Gasteiger partial charge in [0.2, 0.25) is 0 Å². The van der Waals surface area contributed by atoms with Gasteiger partial charge in [-0.25, -0.2) is 0 Å². The topological polar surface area (TPSA) is 66.9 Å². The summed E-state index contributed by atoms with van der Waals surface area (Å²) >= 11 is 0. The molecular formula is C14H22N4O. The van der Waals surface area contributed by atoms with Gasteiger partial charge in [-0.3, -0.25) is 4.79 Å². The molecule has 1 aromatic rings. The van der Waals surface area contributed by atoms with Gasteiger partial charge in [-0.2, -0.15) is 0 Å². The Morgan fingerprint density at radius 1 is 1.21 bits per heavy atom. The Labute approximate surface area is 114 Å². The number of aromatic nitrogens is 2. The average molecular weight is 262 g/mol. The van der Waals surface area contributed by atoms with Crippen molar-refractivity contribution >= 4 is 11.7 Å². The number of rotatable bonds is 3. The lowest BCUT2D eigenvalue weighted by molar-refractivity contribution is 0.0904. The Morgan fingerprint density at radius 3 is 2.58 bits per heavy atom. The van der Waals surface area contributed by atoms with E-state index in [1.165, 1.54) is 6.42 Å². The first-order chi connectivity index (χ1) is 9.10. The summed E-state index contributed by atoms with van der Waals surface area (Å²) in [5, 5.41) is 13.8. The van der Waals surface area contributed by atoms with Crippen molar-refractivity contribution in [1.29, 1.82) is 0 Å². The number of carbonyl (C=O) groups excluding carboxylic acids is 1. The lowest BCUT2D eigenvalue weighted by Gasteiger charge is -2.32. The van der Waals surface area contributed by atoms with E-state index in [-0.39, 0.29) is 11.9 Å². The van der Waals surface area contributed by atoms with Crippen molar-refractivity contribution in [1.82, 2.24) is 15.5 Å². The molecule has 0 bridgehead atoms. The van der Waals surface area contributed by atoms with Crippen molar-refractivity contribution in [2.24, 2.45) is 11.8 Å². The molecule has 2 N–H and O–H groups in total. The Kier molecular flexibility index (Phi) is 4.35. The molecule has 1 heterocycles. The largest absolute Gasteiger partial charge is 0.372 e. The van der Waals surface area contributed by atoms with Gasteiger partial charge in [-0.1, -0.05) is 13.8 Å². The second-order valence-electron chi connectivity index (χ2n) is 5.49. The summed E-state index contributed by atoms with van der Waals surface area (Å²) < 4.78 is 0. The van der Waals surface area contributed by atoms with Crippen LogP contribution in [-0.4, -0.2) is 29.2 Å². The van der Waals surface area contributed by atoms with E-state index in [0.717, 1.165) is 18.8 Å². The smallest absolute Gasteiger partial charge is 0.272 e. The quantitative estimate of drug-likeness (QED) is 0.875. The number of amides is 1. The molecule has 1 aromatic heterocycles. The molecule has 1 aliphatic rings. The SMILES string of the molecule is CNc1ccc(C(=O)NC2CCC(C)C(C)C2)nn1. The lowest BCUT2D eigenvalue weighted by Crippen LogP contribution is -2.40. The zero-order valence-electron chi connectivity index (χ0n) is 11.8. The van der Waals surface area contributed by atoms with E-state index < -0.39 is 0 Å². The highest BCUT2D eigenvalue weighted by Crippen LogP contribution is 2.29. The van der Waals surface area contributed by atoms with Crippen LogP contribution in [0.4, 0.5) is 5.82 Å². The van der Waals surface area contributed by atoms with Gasteiger partial charge in [-0.15, -0.1) is 10.2 Å². The Hall–Kier alpha value is -1.65. The maximum absolute atomic E-state index is 12.1. The third-order valence-electron chi connectivity index (χ3n) is 4.09. The monoisotopic (exact) mass is 262 g/mol. The van der Waals surface area contributed by atoms with Crippen molar-refractivity contribution in [2.45, 2.75) is 39.2 Å². The summed E-state index contributed by atoms with van der Waals surface area (Å²) in [6, 6.07) is 3.72. The van der Waals surface area contributed by atoms with Gasteiger partial charge in [0.15, 0.2) is 5.69 Å². The lowest BCUT2D eigenvalue weighted by atomic mass is 9.79. The van der Waals surface area contributed by atoms with E-state index in [0.29, 0.717) is 17.4 Å². The van der Waals surface area contributed by atoms with Crippen LogP contribution in [-0.2, 0) is 0 Å². The third-order valence-corrected chi connectivity index (χ3v) is 4.09. The van der Waals surface area contributed by atoms with Gasteiger partial charge in [0.05, 0.1) is 0 Å². The van der Waals surface area contributed by atoms with E-state index in [1.807, 2.05) is 0 Å². The molecule has 2 rings (SSSR count). The maximum Gasteiger partial charge on any atom is 0.272 e. The minimum absolute atomic E-state index is 0.123. The molecule has 1 amide bonds. The van der Waals surface area contributed by atoms with Gasteiger partial charge in [0.25, 0.3) is 5.91 Å². The standard InChI is InChI=1S/C14H22N4O/c1-9-4-5-11(8-10(9)2)16-14(19)12-6-7-13(15-3)18-17-12/h6-7,9-11H,4-5,8H2,1-3H3,(H,15,18)(H,16,19). The molecule has 19 heavy (non-hydrogen) atoms. The van der Waals surface area contributed by atoms with Crippen molar-refractivity contribution < 1.29 is 4.79 Å². The molecule has 3 atom stereocenters. The molecule has 0 aliphatic heterocycles. The summed E-state index contributed by atoms with van der Waals surface area (Å²) in [5.41, 5.74) is 0.380. The zero-order chi connectivity index (χ0) is 13.8. The summed E-state index contributed by atoms with van der Waals surface area (Å²) in [7, 11) is 1.77. The zero-order valence-corrected chi connectivity index (χ0v) is 11.8. The number of hydrogen-bond donors (Lipinski definition) is 2. The van der Waals surface area contributed by atoms with E-state index in [2.05, 4.69) is 34.7 Å². The third kappa shape index (κ3) is 3.43. The molecule has 1 aliphatic carbocycles. The Balaban J connectivity index is 1.93.